The maximum Gasteiger partial charge on any atom is 0.222 e. The van der Waals surface area contributed by atoms with E-state index in [0.717, 1.165) is 17.8 Å². The van der Waals surface area contributed by atoms with E-state index in [1.165, 1.54) is 0 Å². The van der Waals surface area contributed by atoms with Crippen LogP contribution in [-0.2, 0) is 29.2 Å². The second kappa shape index (κ2) is 11.3. The smallest absolute Gasteiger partial charge is 0.222 e. The van der Waals surface area contributed by atoms with Crippen molar-refractivity contribution < 1.29 is 14.6 Å². The van der Waals surface area contributed by atoms with Gasteiger partial charge >= 0.3 is 0 Å². The summed E-state index contributed by atoms with van der Waals surface area (Å²) in [6.45, 7) is 6.92. The van der Waals surface area contributed by atoms with E-state index in [1.54, 1.807) is 15.8 Å². The highest BCUT2D eigenvalue weighted by molar-refractivity contribution is 5.76. The van der Waals surface area contributed by atoms with Gasteiger partial charge in [-0.2, -0.15) is 0 Å². The molecule has 2 aromatic rings. The number of hydrogen-bond donors (Lipinski definition) is 1. The summed E-state index contributed by atoms with van der Waals surface area (Å²) in [5.74, 6) is 0.126. The topological polar surface area (TPSA) is 96.6 Å². The summed E-state index contributed by atoms with van der Waals surface area (Å²) in [6.07, 6.45) is 6.51. The lowest BCUT2D eigenvalue weighted by Gasteiger charge is -2.35. The van der Waals surface area contributed by atoms with Crippen LogP contribution in [0.1, 0.15) is 37.9 Å². The fraction of sp³-hybridized carbons (Fsp3) is 0.636. The summed E-state index contributed by atoms with van der Waals surface area (Å²) in [6, 6.07) is 3.76. The Bertz CT molecular complexity index is 815. The van der Waals surface area contributed by atoms with Gasteiger partial charge in [0, 0.05) is 50.9 Å². The Kier molecular flexibility index (Phi) is 8.51. The van der Waals surface area contributed by atoms with E-state index in [2.05, 4.69) is 40.2 Å². The molecule has 0 radical (unpaired) electrons. The van der Waals surface area contributed by atoms with Crippen LogP contribution in [0.2, 0.25) is 0 Å². The Balaban J connectivity index is 1.76. The first-order valence-electron chi connectivity index (χ1n) is 10.9. The molecule has 9 heteroatoms. The minimum Gasteiger partial charge on any atom is -0.394 e. The van der Waals surface area contributed by atoms with Gasteiger partial charge in [0.2, 0.25) is 5.91 Å². The van der Waals surface area contributed by atoms with E-state index in [1.807, 2.05) is 25.4 Å². The summed E-state index contributed by atoms with van der Waals surface area (Å²) < 4.78 is 8.06. The van der Waals surface area contributed by atoms with Gasteiger partial charge < -0.3 is 14.7 Å². The fourth-order valence-corrected chi connectivity index (χ4v) is 3.87. The van der Waals surface area contributed by atoms with Crippen LogP contribution < -0.4 is 0 Å². The molecule has 170 valence electrons. The molecule has 1 aliphatic heterocycles. The summed E-state index contributed by atoms with van der Waals surface area (Å²) >= 11 is 0. The zero-order valence-corrected chi connectivity index (χ0v) is 18.7. The summed E-state index contributed by atoms with van der Waals surface area (Å²) in [5.41, 5.74) is 1.93. The largest absolute Gasteiger partial charge is 0.394 e. The third-order valence-corrected chi connectivity index (χ3v) is 5.71. The van der Waals surface area contributed by atoms with Crippen LogP contribution in [0.3, 0.4) is 0 Å². The predicted molar refractivity (Wildman–Crippen MR) is 116 cm³/mol. The monoisotopic (exact) mass is 430 g/mol. The van der Waals surface area contributed by atoms with E-state index >= 15 is 0 Å². The number of amides is 1. The van der Waals surface area contributed by atoms with E-state index < -0.39 is 0 Å². The number of carbonyl (C=O) groups is 1. The van der Waals surface area contributed by atoms with Crippen molar-refractivity contribution in [2.45, 2.75) is 58.5 Å². The Morgan fingerprint density at radius 2 is 2.26 bits per heavy atom. The number of aliphatic hydroxyl groups excluding tert-OH is 1. The van der Waals surface area contributed by atoms with Crippen molar-refractivity contribution in [2.24, 2.45) is 5.92 Å². The van der Waals surface area contributed by atoms with Crippen LogP contribution in [0, 0.1) is 5.92 Å². The average molecular weight is 431 g/mol. The van der Waals surface area contributed by atoms with Gasteiger partial charge in [-0.15, -0.1) is 5.10 Å². The number of fused-ring (bicyclic) bond motifs is 2. The molecular formula is C22H34N6O3. The number of pyridine rings is 1. The number of rotatable bonds is 6. The molecule has 3 rings (SSSR count). The van der Waals surface area contributed by atoms with Crippen molar-refractivity contribution in [1.82, 2.24) is 29.8 Å². The Labute approximate surface area is 184 Å². The van der Waals surface area contributed by atoms with Crippen molar-refractivity contribution >= 4 is 5.91 Å². The maximum absolute atomic E-state index is 12.9. The number of ether oxygens (including phenoxy) is 1. The number of aliphatic hydroxyl groups is 1. The van der Waals surface area contributed by atoms with E-state index in [0.29, 0.717) is 39.1 Å². The molecule has 2 aromatic heterocycles. The molecule has 0 aromatic carbocycles. The summed E-state index contributed by atoms with van der Waals surface area (Å²) in [5, 5.41) is 18.1. The lowest BCUT2D eigenvalue weighted by atomic mass is 10.0. The molecule has 3 atom stereocenters. The number of aromatic nitrogens is 4. The first-order valence-corrected chi connectivity index (χ1v) is 10.9. The summed E-state index contributed by atoms with van der Waals surface area (Å²) in [4.78, 5) is 21.1. The molecule has 0 saturated heterocycles. The molecular weight excluding hydrogens is 396 g/mol. The maximum atomic E-state index is 12.9. The fourth-order valence-electron chi connectivity index (χ4n) is 3.87. The average Bonchev–Trinajstić information content (AvgIpc) is 3.22. The molecule has 0 aliphatic carbocycles. The number of aryl methyl sites for hydroxylation is 1. The Hall–Kier alpha value is -2.36. The van der Waals surface area contributed by atoms with Crippen LogP contribution in [0.25, 0.3) is 0 Å². The van der Waals surface area contributed by atoms with Gasteiger partial charge in [0.15, 0.2) is 0 Å². The Morgan fingerprint density at radius 1 is 1.42 bits per heavy atom. The van der Waals surface area contributed by atoms with Crippen LogP contribution in [0.4, 0.5) is 0 Å². The van der Waals surface area contributed by atoms with Crippen molar-refractivity contribution in [3.8, 4) is 0 Å². The van der Waals surface area contributed by atoms with Crippen LogP contribution in [0.5, 0.6) is 0 Å². The quantitative estimate of drug-likeness (QED) is 0.738. The second-order valence-electron chi connectivity index (χ2n) is 8.54. The molecule has 0 spiro atoms. The third-order valence-electron chi connectivity index (χ3n) is 5.71. The first kappa shape index (κ1) is 23.3. The van der Waals surface area contributed by atoms with Gasteiger partial charge in [-0.25, -0.2) is 0 Å². The Morgan fingerprint density at radius 3 is 3.00 bits per heavy atom. The van der Waals surface area contributed by atoms with Crippen LogP contribution in [-0.4, -0.2) is 79.7 Å². The molecule has 0 unspecified atom stereocenters. The lowest BCUT2D eigenvalue weighted by molar-refractivity contribution is -0.136. The van der Waals surface area contributed by atoms with E-state index in [9.17, 15) is 9.90 Å². The molecule has 0 fully saturated rings. The van der Waals surface area contributed by atoms with Gasteiger partial charge in [0.05, 0.1) is 31.6 Å². The van der Waals surface area contributed by atoms with Crippen molar-refractivity contribution in [1.29, 1.82) is 0 Å². The van der Waals surface area contributed by atoms with Gasteiger partial charge in [-0.1, -0.05) is 18.2 Å². The van der Waals surface area contributed by atoms with Gasteiger partial charge in [-0.3, -0.25) is 19.4 Å². The van der Waals surface area contributed by atoms with Crippen molar-refractivity contribution in [3.05, 3.63) is 42.0 Å². The number of nitrogens with zero attached hydrogens (tertiary/aromatic N) is 6. The zero-order chi connectivity index (χ0) is 22.2. The molecule has 3 heterocycles. The molecule has 1 aliphatic rings. The first-order chi connectivity index (χ1) is 15.0. The van der Waals surface area contributed by atoms with E-state index in [4.69, 9.17) is 4.74 Å². The SMILES string of the molecule is C[C@@H]1CN([C@@H](C)CO)C(=O)CCCn2cc(nn2)CO[C@@H]1CN(C)Cc1cccnc1. The van der Waals surface area contributed by atoms with E-state index in [-0.39, 0.29) is 30.6 Å². The van der Waals surface area contributed by atoms with Crippen molar-refractivity contribution in [2.75, 3.05) is 26.7 Å². The molecule has 1 N–H and O–H groups in total. The standard InChI is InChI=1S/C22H34N6O3/c1-17-11-28(18(2)15-29)22(30)7-5-9-27-13-20(24-25-27)16-31-21(17)14-26(3)12-19-6-4-8-23-10-19/h4,6,8,10,13,17-18,21,29H,5,7,9,11-12,14-16H2,1-3H3/t17-,18+,21-/m1/s1. The normalized spacial score (nSPS) is 22.0. The second-order valence-corrected chi connectivity index (χ2v) is 8.54. The number of carbonyl (C=O) groups excluding carboxylic acids is 1. The highest BCUT2D eigenvalue weighted by atomic mass is 16.5. The van der Waals surface area contributed by atoms with Crippen molar-refractivity contribution in [3.63, 3.8) is 0 Å². The molecule has 1 amide bonds. The minimum absolute atomic E-state index is 0.0513. The predicted octanol–water partition coefficient (Wildman–Crippen LogP) is 1.33. The zero-order valence-electron chi connectivity index (χ0n) is 18.7. The highest BCUT2D eigenvalue weighted by Gasteiger charge is 2.28. The molecule has 9 nitrogen and oxygen atoms in total. The highest BCUT2D eigenvalue weighted by Crippen LogP contribution is 2.18. The number of likely N-dealkylation sites (N-methyl/N-ethyl adjacent to an activating group) is 1. The minimum atomic E-state index is -0.230. The van der Waals surface area contributed by atoms with Gasteiger partial charge in [0.25, 0.3) is 0 Å². The molecule has 2 bridgehead atoms. The summed E-state index contributed by atoms with van der Waals surface area (Å²) in [7, 11) is 2.06. The molecule has 0 saturated carbocycles. The van der Waals surface area contributed by atoms with Gasteiger partial charge in [-0.05, 0) is 32.0 Å². The van der Waals surface area contributed by atoms with Crippen LogP contribution in [0.15, 0.2) is 30.7 Å². The third kappa shape index (κ3) is 6.81. The molecule has 31 heavy (non-hydrogen) atoms. The lowest BCUT2D eigenvalue weighted by Crippen LogP contribution is -2.47. The van der Waals surface area contributed by atoms with Gasteiger partial charge in [0.1, 0.15) is 5.69 Å². The van der Waals surface area contributed by atoms with Crippen LogP contribution >= 0.6 is 0 Å². The number of hydrogen-bond acceptors (Lipinski definition) is 7.